The highest BCUT2D eigenvalue weighted by Gasteiger charge is 2.27. The number of carbonyl (C=O) groups is 1. The van der Waals surface area contributed by atoms with Crippen molar-refractivity contribution >= 4 is 5.78 Å². The number of methoxy groups -OCH3 is 1. The Bertz CT molecular complexity index is 632. The molecule has 17 heavy (non-hydrogen) atoms. The van der Waals surface area contributed by atoms with Crippen molar-refractivity contribution in [1.29, 1.82) is 0 Å². The summed E-state index contributed by atoms with van der Waals surface area (Å²) < 4.78 is 18.3. The molecule has 0 radical (unpaired) electrons. The second-order valence-electron chi connectivity index (χ2n) is 3.93. The molecule has 0 heterocycles. The zero-order valence-electron chi connectivity index (χ0n) is 9.16. The standard InChI is InChI=1S/C14H9FO2/c1-17-9-3-5-11-13(7-9)12-6-8(15)2-4-10(12)14(11)16/h2-7H,1H3. The number of carbonyl (C=O) groups excluding carboxylic acids is 1. The molecule has 0 N–H and O–H groups in total. The third-order valence-corrected chi connectivity index (χ3v) is 2.99. The molecule has 3 rings (SSSR count). The molecule has 3 heteroatoms. The topological polar surface area (TPSA) is 26.3 Å². The zero-order valence-corrected chi connectivity index (χ0v) is 9.16. The van der Waals surface area contributed by atoms with E-state index in [1.807, 2.05) is 0 Å². The molecular formula is C14H9FO2. The van der Waals surface area contributed by atoms with E-state index in [4.69, 9.17) is 4.74 Å². The van der Waals surface area contributed by atoms with Crippen LogP contribution in [0.4, 0.5) is 4.39 Å². The van der Waals surface area contributed by atoms with E-state index in [1.54, 1.807) is 25.3 Å². The van der Waals surface area contributed by atoms with Gasteiger partial charge >= 0.3 is 0 Å². The minimum absolute atomic E-state index is 0.0577. The van der Waals surface area contributed by atoms with Crippen LogP contribution in [0.3, 0.4) is 0 Å². The van der Waals surface area contributed by atoms with Gasteiger partial charge in [-0.1, -0.05) is 0 Å². The minimum atomic E-state index is -0.341. The van der Waals surface area contributed by atoms with Gasteiger partial charge in [-0.3, -0.25) is 4.79 Å². The molecule has 84 valence electrons. The van der Waals surface area contributed by atoms with Crippen LogP contribution in [-0.2, 0) is 0 Å². The van der Waals surface area contributed by atoms with Crippen molar-refractivity contribution < 1.29 is 13.9 Å². The summed E-state index contributed by atoms with van der Waals surface area (Å²) in [6, 6.07) is 9.43. The highest BCUT2D eigenvalue weighted by molar-refractivity contribution is 6.21. The van der Waals surface area contributed by atoms with Crippen molar-refractivity contribution in [1.82, 2.24) is 0 Å². The van der Waals surface area contributed by atoms with Crippen molar-refractivity contribution in [3.63, 3.8) is 0 Å². The lowest BCUT2D eigenvalue weighted by atomic mass is 10.1. The average molecular weight is 228 g/mol. The number of halogens is 1. The number of ether oxygens (including phenoxy) is 1. The van der Waals surface area contributed by atoms with Gasteiger partial charge in [-0.25, -0.2) is 4.39 Å². The molecule has 0 unspecified atom stereocenters. The van der Waals surface area contributed by atoms with Crippen molar-refractivity contribution in [3.8, 4) is 16.9 Å². The van der Waals surface area contributed by atoms with Gasteiger partial charge < -0.3 is 4.74 Å². The van der Waals surface area contributed by atoms with Crippen LogP contribution < -0.4 is 4.74 Å². The fraction of sp³-hybridized carbons (Fsp3) is 0.0714. The predicted molar refractivity (Wildman–Crippen MR) is 61.8 cm³/mol. The normalized spacial score (nSPS) is 12.2. The molecule has 2 aromatic carbocycles. The van der Waals surface area contributed by atoms with Crippen LogP contribution >= 0.6 is 0 Å². The Hall–Kier alpha value is -2.16. The van der Waals surface area contributed by atoms with Gasteiger partial charge in [0.2, 0.25) is 0 Å². The Kier molecular flexibility index (Phi) is 2.01. The third-order valence-electron chi connectivity index (χ3n) is 2.99. The summed E-state index contributed by atoms with van der Waals surface area (Å²) in [6.07, 6.45) is 0. The van der Waals surface area contributed by atoms with Gasteiger partial charge in [0.1, 0.15) is 11.6 Å². The first-order valence-corrected chi connectivity index (χ1v) is 5.23. The number of rotatable bonds is 1. The van der Waals surface area contributed by atoms with Gasteiger partial charge in [0.15, 0.2) is 5.78 Å². The summed E-state index contributed by atoms with van der Waals surface area (Å²) in [5, 5.41) is 0. The molecule has 0 aromatic heterocycles. The van der Waals surface area contributed by atoms with Crippen LogP contribution in [0.25, 0.3) is 11.1 Å². The molecule has 2 nitrogen and oxygen atoms in total. The summed E-state index contributed by atoms with van der Waals surface area (Å²) in [6.45, 7) is 0. The van der Waals surface area contributed by atoms with Crippen molar-refractivity contribution in [2.24, 2.45) is 0 Å². The molecule has 1 aliphatic rings. The minimum Gasteiger partial charge on any atom is -0.497 e. The number of hydrogen-bond donors (Lipinski definition) is 0. The van der Waals surface area contributed by atoms with Gasteiger partial charge in [0, 0.05) is 11.1 Å². The average Bonchev–Trinajstić information content (AvgIpc) is 2.62. The maximum Gasteiger partial charge on any atom is 0.194 e. The van der Waals surface area contributed by atoms with Crippen LogP contribution in [0.2, 0.25) is 0 Å². The Morgan fingerprint density at radius 1 is 0.941 bits per heavy atom. The quantitative estimate of drug-likeness (QED) is 0.639. The Balaban J connectivity index is 2.31. The van der Waals surface area contributed by atoms with Gasteiger partial charge in [0.25, 0.3) is 0 Å². The van der Waals surface area contributed by atoms with Gasteiger partial charge in [0.05, 0.1) is 7.11 Å². The van der Waals surface area contributed by atoms with E-state index in [0.29, 0.717) is 22.4 Å². The number of benzene rings is 2. The lowest BCUT2D eigenvalue weighted by Crippen LogP contribution is -1.94. The smallest absolute Gasteiger partial charge is 0.194 e. The van der Waals surface area contributed by atoms with Crippen LogP contribution in [0.1, 0.15) is 15.9 Å². The molecule has 0 aliphatic heterocycles. The first kappa shape index (κ1) is 10.0. The largest absolute Gasteiger partial charge is 0.497 e. The molecule has 1 aliphatic carbocycles. The second kappa shape index (κ2) is 3.42. The van der Waals surface area contributed by atoms with Crippen LogP contribution in [0, 0.1) is 5.82 Å². The highest BCUT2D eigenvalue weighted by atomic mass is 19.1. The van der Waals surface area contributed by atoms with E-state index < -0.39 is 0 Å². The monoisotopic (exact) mass is 228 g/mol. The first-order chi connectivity index (χ1) is 8.20. The molecule has 0 bridgehead atoms. The summed E-state index contributed by atoms with van der Waals surface area (Å²) >= 11 is 0. The third kappa shape index (κ3) is 1.35. The van der Waals surface area contributed by atoms with E-state index in [2.05, 4.69) is 0 Å². The van der Waals surface area contributed by atoms with Crippen molar-refractivity contribution in [3.05, 3.63) is 53.3 Å². The van der Waals surface area contributed by atoms with E-state index in [-0.39, 0.29) is 11.6 Å². The zero-order chi connectivity index (χ0) is 12.0. The Morgan fingerprint density at radius 2 is 1.59 bits per heavy atom. The molecule has 0 fully saturated rings. The Labute approximate surface area is 97.7 Å². The van der Waals surface area contributed by atoms with Crippen LogP contribution in [0.15, 0.2) is 36.4 Å². The summed E-state index contributed by atoms with van der Waals surface area (Å²) in [4.78, 5) is 12.0. The molecule has 0 amide bonds. The number of ketones is 1. The van der Waals surface area contributed by atoms with E-state index >= 15 is 0 Å². The number of hydrogen-bond acceptors (Lipinski definition) is 2. The second-order valence-corrected chi connectivity index (χ2v) is 3.93. The van der Waals surface area contributed by atoms with Gasteiger partial charge in [-0.2, -0.15) is 0 Å². The Morgan fingerprint density at radius 3 is 2.29 bits per heavy atom. The van der Waals surface area contributed by atoms with Crippen molar-refractivity contribution in [2.75, 3.05) is 7.11 Å². The van der Waals surface area contributed by atoms with Gasteiger partial charge in [-0.05, 0) is 47.5 Å². The van der Waals surface area contributed by atoms with Crippen LogP contribution in [0.5, 0.6) is 5.75 Å². The summed E-state index contributed by atoms with van der Waals surface area (Å²) in [5.41, 5.74) is 2.54. The molecule has 2 aromatic rings. The maximum absolute atomic E-state index is 13.2. The summed E-state index contributed by atoms with van der Waals surface area (Å²) in [5.74, 6) is 0.263. The molecule has 0 saturated carbocycles. The van der Waals surface area contributed by atoms with Gasteiger partial charge in [-0.15, -0.1) is 0 Å². The lowest BCUT2D eigenvalue weighted by Gasteiger charge is -2.03. The van der Waals surface area contributed by atoms with E-state index in [0.717, 1.165) is 5.56 Å². The first-order valence-electron chi connectivity index (χ1n) is 5.23. The molecule has 0 spiro atoms. The highest BCUT2D eigenvalue weighted by Crippen LogP contribution is 2.38. The molecular weight excluding hydrogens is 219 g/mol. The fourth-order valence-electron chi connectivity index (χ4n) is 2.15. The number of fused-ring (bicyclic) bond motifs is 3. The fourth-order valence-corrected chi connectivity index (χ4v) is 2.15. The van der Waals surface area contributed by atoms with Crippen molar-refractivity contribution in [2.45, 2.75) is 0 Å². The SMILES string of the molecule is COc1ccc2c(c1)-c1cc(F)ccc1C2=O. The lowest BCUT2D eigenvalue weighted by molar-refractivity contribution is 0.104. The predicted octanol–water partition coefficient (Wildman–Crippen LogP) is 3.05. The summed E-state index contributed by atoms with van der Waals surface area (Å²) in [7, 11) is 1.56. The molecule has 0 saturated heterocycles. The maximum atomic E-state index is 13.2. The van der Waals surface area contributed by atoms with Crippen LogP contribution in [-0.4, -0.2) is 12.9 Å². The molecule has 0 atom stereocenters. The van der Waals surface area contributed by atoms with E-state index in [9.17, 15) is 9.18 Å². The van der Waals surface area contributed by atoms with E-state index in [1.165, 1.54) is 18.2 Å².